The fourth-order valence-corrected chi connectivity index (χ4v) is 3.03. The van der Waals surface area contributed by atoms with Crippen molar-refractivity contribution in [1.82, 2.24) is 10.6 Å². The van der Waals surface area contributed by atoms with E-state index in [0.717, 1.165) is 45.2 Å². The number of aliphatic hydroxyl groups is 1. The molecule has 1 saturated heterocycles. The third-order valence-electron chi connectivity index (χ3n) is 4.34. The van der Waals surface area contributed by atoms with E-state index >= 15 is 0 Å². The van der Waals surface area contributed by atoms with Crippen LogP contribution in [0, 0.1) is 5.92 Å². The molecule has 2 aliphatic rings. The summed E-state index contributed by atoms with van der Waals surface area (Å²) in [7, 11) is 0. The summed E-state index contributed by atoms with van der Waals surface area (Å²) in [5.74, 6) is 0.759. The summed E-state index contributed by atoms with van der Waals surface area (Å²) in [6, 6.07) is 0. The van der Waals surface area contributed by atoms with Gasteiger partial charge in [0, 0.05) is 13.0 Å². The van der Waals surface area contributed by atoms with Crippen molar-refractivity contribution >= 4 is 5.91 Å². The van der Waals surface area contributed by atoms with Gasteiger partial charge in [0.2, 0.25) is 5.91 Å². The number of carbonyl (C=O) groups excluding carboxylic acids is 1. The molecule has 0 aromatic carbocycles. The second kappa shape index (κ2) is 6.53. The van der Waals surface area contributed by atoms with E-state index in [0.29, 0.717) is 18.9 Å². The maximum absolute atomic E-state index is 11.7. The lowest BCUT2D eigenvalue weighted by atomic mass is 9.85. The third kappa shape index (κ3) is 4.25. The predicted molar refractivity (Wildman–Crippen MR) is 71.3 cm³/mol. The molecule has 0 radical (unpaired) electrons. The molecule has 1 atom stereocenters. The van der Waals surface area contributed by atoms with E-state index in [1.165, 1.54) is 12.8 Å². The zero-order chi connectivity index (χ0) is 12.8. The minimum atomic E-state index is -0.636. The average molecular weight is 254 g/mol. The van der Waals surface area contributed by atoms with Crippen molar-refractivity contribution in [3.05, 3.63) is 0 Å². The topological polar surface area (TPSA) is 61.4 Å². The lowest BCUT2D eigenvalue weighted by Gasteiger charge is -2.32. The molecule has 4 heteroatoms. The van der Waals surface area contributed by atoms with Crippen molar-refractivity contribution in [2.24, 2.45) is 5.92 Å². The molecular formula is C14H26N2O2. The fourth-order valence-electron chi connectivity index (χ4n) is 3.03. The van der Waals surface area contributed by atoms with Crippen molar-refractivity contribution < 1.29 is 9.90 Å². The van der Waals surface area contributed by atoms with Crippen LogP contribution in [0.1, 0.15) is 51.4 Å². The Morgan fingerprint density at radius 1 is 1.33 bits per heavy atom. The van der Waals surface area contributed by atoms with E-state index in [-0.39, 0.29) is 5.91 Å². The molecule has 1 saturated carbocycles. The van der Waals surface area contributed by atoms with Gasteiger partial charge in [-0.2, -0.15) is 0 Å². The predicted octanol–water partition coefficient (Wildman–Crippen LogP) is 1.19. The lowest BCUT2D eigenvalue weighted by Crippen LogP contribution is -2.44. The summed E-state index contributed by atoms with van der Waals surface area (Å²) >= 11 is 0. The molecule has 4 nitrogen and oxygen atoms in total. The molecule has 1 amide bonds. The Morgan fingerprint density at radius 3 is 2.78 bits per heavy atom. The summed E-state index contributed by atoms with van der Waals surface area (Å²) in [5, 5.41) is 16.5. The highest BCUT2D eigenvalue weighted by Gasteiger charge is 2.29. The van der Waals surface area contributed by atoms with Gasteiger partial charge in [-0.15, -0.1) is 0 Å². The van der Waals surface area contributed by atoms with E-state index < -0.39 is 5.60 Å². The van der Waals surface area contributed by atoms with Crippen molar-refractivity contribution in [3.8, 4) is 0 Å². The van der Waals surface area contributed by atoms with E-state index in [4.69, 9.17) is 0 Å². The Labute approximate surface area is 110 Å². The van der Waals surface area contributed by atoms with Gasteiger partial charge in [-0.3, -0.25) is 4.79 Å². The van der Waals surface area contributed by atoms with Crippen LogP contribution < -0.4 is 10.6 Å². The van der Waals surface area contributed by atoms with Crippen LogP contribution in [0.4, 0.5) is 0 Å². The van der Waals surface area contributed by atoms with Gasteiger partial charge in [-0.1, -0.05) is 19.3 Å². The highest BCUT2D eigenvalue weighted by molar-refractivity contribution is 5.75. The first-order chi connectivity index (χ1) is 8.68. The second-order valence-electron chi connectivity index (χ2n) is 5.96. The number of hydrogen-bond donors (Lipinski definition) is 3. The van der Waals surface area contributed by atoms with Gasteiger partial charge in [0.1, 0.15) is 0 Å². The van der Waals surface area contributed by atoms with Gasteiger partial charge < -0.3 is 15.7 Å². The largest absolute Gasteiger partial charge is 0.388 e. The molecule has 1 unspecified atom stereocenters. The molecule has 0 aromatic rings. The van der Waals surface area contributed by atoms with Crippen molar-refractivity contribution in [1.29, 1.82) is 0 Å². The molecule has 0 bridgehead atoms. The van der Waals surface area contributed by atoms with Gasteiger partial charge in [0.15, 0.2) is 0 Å². The Balaban J connectivity index is 1.61. The van der Waals surface area contributed by atoms with Crippen LogP contribution in [0.2, 0.25) is 0 Å². The Bertz CT molecular complexity index is 269. The monoisotopic (exact) mass is 254 g/mol. The van der Waals surface area contributed by atoms with E-state index in [1.54, 1.807) is 0 Å². The van der Waals surface area contributed by atoms with Crippen molar-refractivity contribution in [2.75, 3.05) is 19.6 Å². The van der Waals surface area contributed by atoms with Crippen LogP contribution in [-0.4, -0.2) is 36.2 Å². The molecular weight excluding hydrogens is 228 g/mol. The van der Waals surface area contributed by atoms with Crippen LogP contribution in [0.3, 0.4) is 0 Å². The molecule has 104 valence electrons. The van der Waals surface area contributed by atoms with Gasteiger partial charge in [-0.25, -0.2) is 0 Å². The average Bonchev–Trinajstić information content (AvgIpc) is 2.88. The molecule has 1 heterocycles. The number of nitrogens with one attached hydrogen (secondary N) is 2. The van der Waals surface area contributed by atoms with E-state index in [2.05, 4.69) is 10.6 Å². The maximum atomic E-state index is 11.7. The summed E-state index contributed by atoms with van der Waals surface area (Å²) < 4.78 is 0. The lowest BCUT2D eigenvalue weighted by molar-refractivity contribution is -0.123. The maximum Gasteiger partial charge on any atom is 0.220 e. The first-order valence-corrected chi connectivity index (χ1v) is 7.38. The van der Waals surface area contributed by atoms with Gasteiger partial charge >= 0.3 is 0 Å². The van der Waals surface area contributed by atoms with E-state index in [1.807, 2.05) is 0 Å². The van der Waals surface area contributed by atoms with Gasteiger partial charge in [0.25, 0.3) is 0 Å². The highest BCUT2D eigenvalue weighted by atomic mass is 16.3. The molecule has 2 rings (SSSR count). The number of hydrogen-bond acceptors (Lipinski definition) is 3. The normalized spacial score (nSPS) is 27.1. The van der Waals surface area contributed by atoms with Crippen molar-refractivity contribution in [2.45, 2.75) is 57.0 Å². The highest BCUT2D eigenvalue weighted by Crippen LogP contribution is 2.27. The number of amides is 1. The van der Waals surface area contributed by atoms with Gasteiger partial charge in [0.05, 0.1) is 5.60 Å². The smallest absolute Gasteiger partial charge is 0.220 e. The zero-order valence-corrected chi connectivity index (χ0v) is 11.2. The Kier molecular flexibility index (Phi) is 5.01. The minimum Gasteiger partial charge on any atom is -0.388 e. The summed E-state index contributed by atoms with van der Waals surface area (Å²) in [5.41, 5.74) is -0.636. The van der Waals surface area contributed by atoms with Crippen LogP contribution in [0.15, 0.2) is 0 Å². The minimum absolute atomic E-state index is 0.0981. The number of carbonyl (C=O) groups is 1. The summed E-state index contributed by atoms with van der Waals surface area (Å²) in [6.07, 6.45) is 7.81. The summed E-state index contributed by atoms with van der Waals surface area (Å²) in [4.78, 5) is 11.7. The first kappa shape index (κ1) is 13.8. The quantitative estimate of drug-likeness (QED) is 0.690. The van der Waals surface area contributed by atoms with Crippen molar-refractivity contribution in [3.63, 3.8) is 0 Å². The van der Waals surface area contributed by atoms with Crippen LogP contribution in [0.5, 0.6) is 0 Å². The number of rotatable bonds is 5. The Morgan fingerprint density at radius 2 is 2.11 bits per heavy atom. The van der Waals surface area contributed by atoms with Gasteiger partial charge in [-0.05, 0) is 44.7 Å². The standard InChI is InChI=1S/C14H26N2O2/c17-13(5-4-12-6-9-15-10-12)16-11-14(18)7-2-1-3-8-14/h12,15,18H,1-11H2,(H,16,17). The molecule has 1 aliphatic heterocycles. The second-order valence-corrected chi connectivity index (χ2v) is 5.96. The van der Waals surface area contributed by atoms with E-state index in [9.17, 15) is 9.90 Å². The Hall–Kier alpha value is -0.610. The molecule has 2 fully saturated rings. The SMILES string of the molecule is O=C(CCC1CCNC1)NCC1(O)CCCCC1. The molecule has 3 N–H and O–H groups in total. The molecule has 1 aliphatic carbocycles. The molecule has 0 spiro atoms. The molecule has 0 aromatic heterocycles. The fraction of sp³-hybridized carbons (Fsp3) is 0.929. The first-order valence-electron chi connectivity index (χ1n) is 7.38. The van der Waals surface area contributed by atoms with Crippen LogP contribution in [0.25, 0.3) is 0 Å². The van der Waals surface area contributed by atoms with Crippen LogP contribution in [-0.2, 0) is 4.79 Å². The molecule has 18 heavy (non-hydrogen) atoms. The summed E-state index contributed by atoms with van der Waals surface area (Å²) in [6.45, 7) is 2.58. The third-order valence-corrected chi connectivity index (χ3v) is 4.34. The zero-order valence-electron chi connectivity index (χ0n) is 11.2. The van der Waals surface area contributed by atoms with Crippen LogP contribution >= 0.6 is 0 Å².